The summed E-state index contributed by atoms with van der Waals surface area (Å²) in [5.74, 6) is -8.39. The van der Waals surface area contributed by atoms with Crippen molar-refractivity contribution in [2.45, 2.75) is 112 Å². The van der Waals surface area contributed by atoms with E-state index < -0.39 is 94.2 Å². The van der Waals surface area contributed by atoms with Crippen LogP contribution in [0.2, 0.25) is 0 Å². The van der Waals surface area contributed by atoms with E-state index in [1.165, 1.54) is 26.7 Å². The molecule has 5 aliphatic heterocycles. The Morgan fingerprint density at radius 3 is 1.94 bits per heavy atom. The van der Waals surface area contributed by atoms with Crippen LogP contribution < -0.4 is 9.64 Å². The Bertz CT molecular complexity index is 2830. The standard InChI is InChI=1S/C45H54N4O8.2C4H6O6/c1-8-27-19-28-22-44(40(51)55-6,36-30(25-48(23-27)24-28)29-13-10-11-14-33(29)46-36)32-20-31-34(21-35(32)54-5)47(4)38-43(31)16-18-49-17-12-15-42(9-2,37(43)49)39(57-26(3)50)45(38,53)41(52)56-7;2*5-1(3(7)8)2(6)4(9)10/h10-15,19-21,28,37-39,46,53H,8-9,16-18,22-25H2,1-7H3;2*1-2,5-6H,(H,7,8)(H,9,10)/t28-,37-,38?,39+,42+,43+,44-,45-;2*1-,2-/m011/s1. The number of H-pyrrole nitrogens is 1. The lowest BCUT2D eigenvalue weighted by Gasteiger charge is -2.63. The van der Waals surface area contributed by atoms with E-state index in [2.05, 4.69) is 58.1 Å². The van der Waals surface area contributed by atoms with Crippen molar-refractivity contribution < 1.29 is 98.5 Å². The summed E-state index contributed by atoms with van der Waals surface area (Å²) in [5.41, 5.74) is 1.05. The highest BCUT2D eigenvalue weighted by Crippen LogP contribution is 2.68. The third kappa shape index (κ3) is 9.27. The monoisotopic (exact) mass is 1080 g/mol. The second kappa shape index (κ2) is 21.8. The average molecular weight is 1080 g/mol. The number of aromatic amines is 1. The number of methoxy groups -OCH3 is 3. The molecule has 2 aromatic carbocycles. The first-order valence-corrected chi connectivity index (χ1v) is 24.9. The topological polar surface area (TPSA) is 364 Å². The maximum atomic E-state index is 15.2. The van der Waals surface area contributed by atoms with E-state index in [-0.39, 0.29) is 17.9 Å². The number of carbonyl (C=O) groups is 7. The van der Waals surface area contributed by atoms with Gasteiger partial charge in [-0.05, 0) is 61.4 Å². The maximum absolute atomic E-state index is 15.2. The Labute approximate surface area is 441 Å². The number of carbonyl (C=O) groups excluding carboxylic acids is 3. The fraction of sp³-hybridized carbons (Fsp3) is 0.528. The Morgan fingerprint density at radius 2 is 1.40 bits per heavy atom. The molecule has 2 fully saturated rings. The predicted octanol–water partition coefficient (Wildman–Crippen LogP) is 0.508. The van der Waals surface area contributed by atoms with Gasteiger partial charge >= 0.3 is 41.8 Å². The van der Waals surface area contributed by atoms with E-state index in [0.29, 0.717) is 50.2 Å². The van der Waals surface area contributed by atoms with Crippen LogP contribution in [0, 0.1) is 11.3 Å². The Morgan fingerprint density at radius 1 is 0.805 bits per heavy atom. The summed E-state index contributed by atoms with van der Waals surface area (Å²) in [6, 6.07) is 11.2. The summed E-state index contributed by atoms with van der Waals surface area (Å²) in [6.07, 6.45) is -1.39. The van der Waals surface area contributed by atoms with Gasteiger partial charge in [-0.2, -0.15) is 0 Å². The second-order valence-electron chi connectivity index (χ2n) is 20.3. The van der Waals surface area contributed by atoms with Crippen LogP contribution in [0.15, 0.2) is 60.2 Å². The zero-order valence-corrected chi connectivity index (χ0v) is 43.5. The number of benzene rings is 2. The van der Waals surface area contributed by atoms with Crippen LogP contribution in [0.1, 0.15) is 68.8 Å². The van der Waals surface area contributed by atoms with Crippen molar-refractivity contribution in [1.29, 1.82) is 0 Å². The minimum Gasteiger partial charge on any atom is -0.496 e. The number of fused-ring (bicyclic) bond motifs is 6. The highest BCUT2D eigenvalue weighted by molar-refractivity contribution is 5.95. The van der Waals surface area contributed by atoms with Crippen LogP contribution in [0.4, 0.5) is 5.69 Å². The lowest BCUT2D eigenvalue weighted by Crippen LogP contribution is -2.81. The summed E-state index contributed by atoms with van der Waals surface area (Å²) in [7, 11) is 6.22. The van der Waals surface area contributed by atoms with Crippen molar-refractivity contribution in [3.8, 4) is 5.75 Å². The molecule has 1 spiro atoms. The molecular weight excluding hydrogens is 1010 g/mol. The number of esters is 3. The van der Waals surface area contributed by atoms with E-state index in [0.717, 1.165) is 52.9 Å². The van der Waals surface area contributed by atoms with Crippen molar-refractivity contribution in [2.75, 3.05) is 59.5 Å². The van der Waals surface area contributed by atoms with Crippen LogP contribution in [0.3, 0.4) is 0 Å². The van der Waals surface area contributed by atoms with Crippen molar-refractivity contribution in [2.24, 2.45) is 11.3 Å². The molecule has 1 saturated heterocycles. The molecule has 9 rings (SSSR count). The van der Waals surface area contributed by atoms with Gasteiger partial charge in [0.15, 0.2) is 30.5 Å². The van der Waals surface area contributed by atoms with Gasteiger partial charge in [0.05, 0.1) is 27.4 Å². The first-order valence-electron chi connectivity index (χ1n) is 24.9. The summed E-state index contributed by atoms with van der Waals surface area (Å²) in [5, 5.41) is 79.4. The third-order valence-corrected chi connectivity index (χ3v) is 16.4. The number of aliphatic carboxylic acids is 4. The molecule has 24 nitrogen and oxygen atoms in total. The van der Waals surface area contributed by atoms with Gasteiger partial charge in [-0.3, -0.25) is 19.4 Å². The van der Waals surface area contributed by atoms with Crippen LogP contribution in [0.5, 0.6) is 5.75 Å². The smallest absolute Gasteiger partial charge is 0.344 e. The quantitative estimate of drug-likeness (QED) is 0.0633. The minimum absolute atomic E-state index is 0.0284. The van der Waals surface area contributed by atoms with Gasteiger partial charge in [-0.15, -0.1) is 0 Å². The van der Waals surface area contributed by atoms with Gasteiger partial charge in [-0.25, -0.2) is 24.0 Å². The zero-order valence-electron chi connectivity index (χ0n) is 43.5. The number of aromatic nitrogens is 1. The van der Waals surface area contributed by atoms with Gasteiger partial charge in [0.25, 0.3) is 0 Å². The molecule has 2 unspecified atom stereocenters. The number of nitrogens with one attached hydrogen (secondary N) is 1. The number of nitrogens with zero attached hydrogens (tertiary/aromatic N) is 3. The zero-order chi connectivity index (χ0) is 56.9. The lowest BCUT2D eigenvalue weighted by atomic mass is 9.47. The highest BCUT2D eigenvalue weighted by Gasteiger charge is 2.80. The summed E-state index contributed by atoms with van der Waals surface area (Å²) in [4.78, 5) is 92.2. The number of anilines is 1. The largest absolute Gasteiger partial charge is 0.496 e. The van der Waals surface area contributed by atoms with E-state index in [1.54, 1.807) is 7.11 Å². The molecule has 0 radical (unpaired) electrons. The number of likely N-dealkylation sites (N-methyl/N-ethyl adjacent to an activating group) is 1. The first-order chi connectivity index (χ1) is 36.3. The molecule has 1 saturated carbocycles. The van der Waals surface area contributed by atoms with Crippen molar-refractivity contribution in [1.82, 2.24) is 14.8 Å². The molecule has 0 amide bonds. The molecule has 1 aromatic heterocycles. The number of carboxylic acids is 4. The van der Waals surface area contributed by atoms with Crippen LogP contribution in [0.25, 0.3) is 10.9 Å². The van der Waals surface area contributed by atoms with Gasteiger partial charge in [0.2, 0.25) is 5.60 Å². The van der Waals surface area contributed by atoms with Gasteiger partial charge in [0, 0.05) is 90.9 Å². The summed E-state index contributed by atoms with van der Waals surface area (Å²) < 4.78 is 23.9. The lowest BCUT2D eigenvalue weighted by molar-refractivity contribution is -0.228. The van der Waals surface area contributed by atoms with Crippen molar-refractivity contribution in [3.63, 3.8) is 0 Å². The third-order valence-electron chi connectivity index (χ3n) is 16.4. The Hall–Kier alpha value is -6.93. The van der Waals surface area contributed by atoms with Gasteiger partial charge in [-0.1, -0.05) is 55.8 Å². The molecule has 10 N–H and O–H groups in total. The number of carboxylic acid groups (broad SMARTS) is 4. The molecule has 1 aliphatic carbocycles. The van der Waals surface area contributed by atoms with Crippen LogP contribution in [-0.4, -0.2) is 205 Å². The Kier molecular flexibility index (Phi) is 16.4. The van der Waals surface area contributed by atoms with Gasteiger partial charge < -0.3 is 74.8 Å². The molecule has 3 aromatic rings. The number of hydrogen-bond acceptors (Lipinski definition) is 19. The maximum Gasteiger partial charge on any atom is 0.344 e. The number of aliphatic hydroxyl groups is 5. The molecule has 13 atom stereocenters. The number of para-hydroxylation sites is 1. The normalized spacial score (nSPS) is 29.9. The van der Waals surface area contributed by atoms with Crippen molar-refractivity contribution in [3.05, 3.63) is 82.6 Å². The average Bonchev–Trinajstić information content (AvgIpc) is 4.08. The predicted molar refractivity (Wildman–Crippen MR) is 269 cm³/mol. The van der Waals surface area contributed by atoms with Crippen LogP contribution >= 0.6 is 0 Å². The van der Waals surface area contributed by atoms with E-state index >= 15 is 4.79 Å². The fourth-order valence-electron chi connectivity index (χ4n) is 13.4. The number of ether oxygens (including phenoxy) is 4. The molecule has 2 bridgehead atoms. The second-order valence-corrected chi connectivity index (χ2v) is 20.3. The van der Waals surface area contributed by atoms with Crippen molar-refractivity contribution >= 4 is 58.4 Å². The SMILES string of the molecule is CCC1=C[C@@H]2CN(C1)Cc1c([nH]c3ccccc13)[C@@](C(=O)OC)(c1cc3c(cc1OC)N(C)C1[C@]34CCN3CC=C[C@@](CC)([C@@H](OC(C)=O)[C@]1(O)C(=O)OC)[C@H]34)C2.O=C(O)[C@H](O)[C@@H](O)C(=O)O.O=C(O)[C@H](O)[C@@H](O)C(=O)O. The minimum atomic E-state index is -2.27. The van der Waals surface area contributed by atoms with Gasteiger partial charge in [0.1, 0.15) is 11.2 Å². The molecule has 6 aliphatic rings. The summed E-state index contributed by atoms with van der Waals surface area (Å²) >= 11 is 0. The fourth-order valence-corrected chi connectivity index (χ4v) is 13.4. The number of rotatable bonds is 13. The summed E-state index contributed by atoms with van der Waals surface area (Å²) in [6.45, 7) is 9.19. The first kappa shape index (κ1) is 57.8. The highest BCUT2D eigenvalue weighted by atomic mass is 16.6. The van der Waals surface area contributed by atoms with E-state index in [4.69, 9.17) is 59.8 Å². The number of hydrogen-bond donors (Lipinski definition) is 10. The molecule has 77 heavy (non-hydrogen) atoms. The number of aliphatic hydroxyl groups excluding tert-OH is 4. The Balaban J connectivity index is 0.000000365. The molecule has 418 valence electrons. The van der Waals surface area contributed by atoms with Crippen LogP contribution in [-0.2, 0) is 65.1 Å². The molecule has 6 heterocycles. The molecular formula is C53H66N4O20. The van der Waals surface area contributed by atoms with E-state index in [1.807, 2.05) is 37.1 Å². The van der Waals surface area contributed by atoms with E-state index in [9.17, 15) is 33.9 Å². The molecule has 24 heteroatoms.